The molecule has 26 heavy (non-hydrogen) atoms. The summed E-state index contributed by atoms with van der Waals surface area (Å²) in [5.41, 5.74) is 2.26. The number of aryl methyl sites for hydroxylation is 1. The van der Waals surface area contributed by atoms with Crippen molar-refractivity contribution in [3.63, 3.8) is 0 Å². The average Bonchev–Trinajstić information content (AvgIpc) is 2.62. The number of nitrogens with one attached hydrogen (secondary N) is 2. The summed E-state index contributed by atoms with van der Waals surface area (Å²) in [6.45, 7) is 8.18. The molecule has 0 fully saturated rings. The van der Waals surface area contributed by atoms with Crippen LogP contribution < -0.4 is 15.4 Å². The summed E-state index contributed by atoms with van der Waals surface area (Å²) in [6.07, 6.45) is 2.26. The van der Waals surface area contributed by atoms with Crippen molar-refractivity contribution in [1.82, 2.24) is 10.6 Å². The van der Waals surface area contributed by atoms with Crippen LogP contribution in [0.4, 0.5) is 0 Å². The fourth-order valence-corrected chi connectivity index (χ4v) is 2.17. The first-order valence-corrected chi connectivity index (χ1v) is 8.94. The Morgan fingerprint density at radius 2 is 1.92 bits per heavy atom. The molecule has 0 radical (unpaired) electrons. The lowest BCUT2D eigenvalue weighted by atomic mass is 10.1. The maximum atomic E-state index is 5.82. The zero-order valence-electron chi connectivity index (χ0n) is 16.5. The van der Waals surface area contributed by atoms with Crippen LogP contribution in [0.15, 0.2) is 23.2 Å². The van der Waals surface area contributed by atoms with E-state index in [0.717, 1.165) is 43.3 Å². The van der Waals surface area contributed by atoms with E-state index in [1.54, 1.807) is 14.2 Å². The van der Waals surface area contributed by atoms with Gasteiger partial charge in [-0.15, -0.1) is 24.0 Å². The molecule has 1 aromatic carbocycles. The standard InChI is InChI=1S/C19H33N3O3.HI/c1-5-6-10-24-11-9-21-19(20-3)22-15-17-8-7-16(2)14-18(17)25-13-12-23-4;/h7-8,14H,5-6,9-13,15H2,1-4H3,(H2,20,21,22);1H. The summed E-state index contributed by atoms with van der Waals surface area (Å²) >= 11 is 0. The van der Waals surface area contributed by atoms with Crippen LogP contribution in [0, 0.1) is 6.92 Å². The zero-order chi connectivity index (χ0) is 18.3. The highest BCUT2D eigenvalue weighted by Gasteiger charge is 2.06. The van der Waals surface area contributed by atoms with Crippen LogP contribution in [0.5, 0.6) is 5.75 Å². The summed E-state index contributed by atoms with van der Waals surface area (Å²) in [6, 6.07) is 6.20. The maximum absolute atomic E-state index is 5.82. The molecule has 0 bridgehead atoms. The number of benzene rings is 1. The van der Waals surface area contributed by atoms with Gasteiger partial charge in [0.25, 0.3) is 0 Å². The van der Waals surface area contributed by atoms with Crippen LogP contribution in [-0.4, -0.2) is 53.1 Å². The lowest BCUT2D eigenvalue weighted by Crippen LogP contribution is -2.38. The van der Waals surface area contributed by atoms with Crippen LogP contribution >= 0.6 is 24.0 Å². The second kappa shape index (κ2) is 16.1. The Kier molecular flexibility index (Phi) is 15.5. The minimum atomic E-state index is 0. The minimum absolute atomic E-state index is 0. The Labute approximate surface area is 175 Å². The highest BCUT2D eigenvalue weighted by molar-refractivity contribution is 14.0. The van der Waals surface area contributed by atoms with E-state index in [2.05, 4.69) is 41.6 Å². The van der Waals surface area contributed by atoms with Crippen molar-refractivity contribution >= 4 is 29.9 Å². The largest absolute Gasteiger partial charge is 0.491 e. The fraction of sp³-hybridized carbons (Fsp3) is 0.632. The molecule has 0 aliphatic rings. The molecule has 6 nitrogen and oxygen atoms in total. The fourth-order valence-electron chi connectivity index (χ4n) is 2.17. The summed E-state index contributed by atoms with van der Waals surface area (Å²) in [7, 11) is 3.43. The molecule has 0 saturated heterocycles. The van der Waals surface area contributed by atoms with Crippen molar-refractivity contribution in [3.05, 3.63) is 29.3 Å². The lowest BCUT2D eigenvalue weighted by molar-refractivity contribution is 0.136. The third-order valence-electron chi connectivity index (χ3n) is 3.62. The van der Waals surface area contributed by atoms with Crippen LogP contribution in [0.3, 0.4) is 0 Å². The normalized spacial score (nSPS) is 11.0. The summed E-state index contributed by atoms with van der Waals surface area (Å²) in [5.74, 6) is 1.63. The van der Waals surface area contributed by atoms with Gasteiger partial charge in [0.2, 0.25) is 0 Å². The molecule has 0 aromatic heterocycles. The Morgan fingerprint density at radius 1 is 1.12 bits per heavy atom. The molecule has 0 aliphatic heterocycles. The second-order valence-electron chi connectivity index (χ2n) is 5.77. The van der Waals surface area contributed by atoms with E-state index in [1.165, 1.54) is 5.56 Å². The number of guanidine groups is 1. The molecule has 0 amide bonds. The quantitative estimate of drug-likeness (QED) is 0.209. The number of hydrogen-bond donors (Lipinski definition) is 2. The van der Waals surface area contributed by atoms with E-state index < -0.39 is 0 Å². The maximum Gasteiger partial charge on any atom is 0.191 e. The van der Waals surface area contributed by atoms with Gasteiger partial charge in [-0.1, -0.05) is 25.5 Å². The van der Waals surface area contributed by atoms with Gasteiger partial charge in [-0.25, -0.2) is 0 Å². The number of unbranched alkanes of at least 4 members (excludes halogenated alkanes) is 1. The van der Waals surface area contributed by atoms with E-state index in [-0.39, 0.29) is 24.0 Å². The number of nitrogens with zero attached hydrogens (tertiary/aromatic N) is 1. The lowest BCUT2D eigenvalue weighted by Gasteiger charge is -2.15. The number of hydrogen-bond acceptors (Lipinski definition) is 4. The molecule has 0 atom stereocenters. The molecule has 150 valence electrons. The molecule has 0 heterocycles. The molecule has 1 aromatic rings. The number of aliphatic imine (C=N–C) groups is 1. The van der Waals surface area contributed by atoms with Gasteiger partial charge in [0.05, 0.1) is 13.2 Å². The van der Waals surface area contributed by atoms with Crippen molar-refractivity contribution < 1.29 is 14.2 Å². The summed E-state index contributed by atoms with van der Waals surface area (Å²) in [5, 5.41) is 6.56. The van der Waals surface area contributed by atoms with E-state index in [1.807, 2.05) is 6.07 Å². The van der Waals surface area contributed by atoms with Crippen molar-refractivity contribution in [2.24, 2.45) is 4.99 Å². The van der Waals surface area contributed by atoms with Gasteiger partial charge < -0.3 is 24.8 Å². The predicted molar refractivity (Wildman–Crippen MR) is 118 cm³/mol. The number of methoxy groups -OCH3 is 1. The van der Waals surface area contributed by atoms with Crippen molar-refractivity contribution in [3.8, 4) is 5.75 Å². The first-order valence-electron chi connectivity index (χ1n) is 8.94. The van der Waals surface area contributed by atoms with Crippen molar-refractivity contribution in [1.29, 1.82) is 0 Å². The topological polar surface area (TPSA) is 64.1 Å². The van der Waals surface area contributed by atoms with Gasteiger partial charge in [0.15, 0.2) is 5.96 Å². The number of rotatable bonds is 12. The Hall–Kier alpha value is -1.06. The third kappa shape index (κ3) is 10.8. The minimum Gasteiger partial charge on any atom is -0.491 e. The van der Waals surface area contributed by atoms with E-state index in [9.17, 15) is 0 Å². The van der Waals surface area contributed by atoms with Crippen LogP contribution in [0.25, 0.3) is 0 Å². The van der Waals surface area contributed by atoms with Crippen molar-refractivity contribution in [2.75, 3.05) is 47.1 Å². The molecule has 1 rings (SSSR count). The van der Waals surface area contributed by atoms with Gasteiger partial charge >= 0.3 is 0 Å². The van der Waals surface area contributed by atoms with Gasteiger partial charge in [0, 0.05) is 39.4 Å². The Bertz CT molecular complexity index is 513. The van der Waals surface area contributed by atoms with Crippen molar-refractivity contribution in [2.45, 2.75) is 33.2 Å². The van der Waals surface area contributed by atoms with Crippen LogP contribution in [0.2, 0.25) is 0 Å². The molecule has 2 N–H and O–H groups in total. The molecule has 7 heteroatoms. The molecule has 0 unspecified atom stereocenters. The van der Waals surface area contributed by atoms with E-state index >= 15 is 0 Å². The molecule has 0 saturated carbocycles. The Morgan fingerprint density at radius 3 is 2.62 bits per heavy atom. The molecular weight excluding hydrogens is 445 g/mol. The zero-order valence-corrected chi connectivity index (χ0v) is 18.8. The van der Waals surface area contributed by atoms with Gasteiger partial charge in [-0.3, -0.25) is 4.99 Å². The summed E-state index contributed by atoms with van der Waals surface area (Å²) < 4.78 is 16.4. The van der Waals surface area contributed by atoms with E-state index in [0.29, 0.717) is 26.4 Å². The molecule has 0 aliphatic carbocycles. The summed E-state index contributed by atoms with van der Waals surface area (Å²) in [4.78, 5) is 4.24. The van der Waals surface area contributed by atoms with Gasteiger partial charge in [-0.2, -0.15) is 0 Å². The third-order valence-corrected chi connectivity index (χ3v) is 3.62. The van der Waals surface area contributed by atoms with Crippen LogP contribution in [-0.2, 0) is 16.0 Å². The molecular formula is C19H34IN3O3. The number of halogens is 1. The first-order chi connectivity index (χ1) is 12.2. The highest BCUT2D eigenvalue weighted by Crippen LogP contribution is 2.20. The average molecular weight is 479 g/mol. The number of ether oxygens (including phenoxy) is 3. The Balaban J connectivity index is 0.00000625. The smallest absolute Gasteiger partial charge is 0.191 e. The second-order valence-corrected chi connectivity index (χ2v) is 5.77. The van der Waals surface area contributed by atoms with Crippen LogP contribution in [0.1, 0.15) is 30.9 Å². The van der Waals surface area contributed by atoms with Gasteiger partial charge in [0.1, 0.15) is 12.4 Å². The SMILES string of the molecule is CCCCOCCNC(=NC)NCc1ccc(C)cc1OCCOC.I. The molecule has 0 spiro atoms. The monoisotopic (exact) mass is 479 g/mol. The first kappa shape index (κ1) is 24.9. The predicted octanol–water partition coefficient (Wildman–Crippen LogP) is 3.12. The highest BCUT2D eigenvalue weighted by atomic mass is 127. The van der Waals surface area contributed by atoms with Gasteiger partial charge in [-0.05, 0) is 25.0 Å². The van der Waals surface area contributed by atoms with E-state index in [4.69, 9.17) is 14.2 Å².